The van der Waals surface area contributed by atoms with Gasteiger partial charge in [-0.1, -0.05) is 32.0 Å². The number of thiazole rings is 1. The van der Waals surface area contributed by atoms with Crippen molar-refractivity contribution in [3.05, 3.63) is 46.4 Å². The van der Waals surface area contributed by atoms with Crippen molar-refractivity contribution in [3.8, 4) is 5.75 Å². The van der Waals surface area contributed by atoms with Crippen LogP contribution in [0.4, 0.5) is 4.79 Å². The summed E-state index contributed by atoms with van der Waals surface area (Å²) >= 11 is 1.57. The number of benzene rings is 1. The predicted octanol–water partition coefficient (Wildman–Crippen LogP) is 3.78. The molecule has 1 aromatic carbocycles. The van der Waals surface area contributed by atoms with E-state index in [9.17, 15) is 4.79 Å². The predicted molar refractivity (Wildman–Crippen MR) is 97.5 cm³/mol. The van der Waals surface area contributed by atoms with Gasteiger partial charge in [0, 0.05) is 18.1 Å². The molecule has 6 heteroatoms. The molecule has 2 N–H and O–H groups in total. The molecule has 1 heterocycles. The van der Waals surface area contributed by atoms with Crippen molar-refractivity contribution in [3.63, 3.8) is 0 Å². The second kappa shape index (κ2) is 9.27. The third kappa shape index (κ3) is 5.53. The van der Waals surface area contributed by atoms with Gasteiger partial charge in [0.1, 0.15) is 10.8 Å². The highest BCUT2D eigenvalue weighted by Gasteiger charge is 2.18. The van der Waals surface area contributed by atoms with Gasteiger partial charge < -0.3 is 15.4 Å². The second-order valence-electron chi connectivity index (χ2n) is 6.01. The van der Waals surface area contributed by atoms with Crippen molar-refractivity contribution in [1.29, 1.82) is 0 Å². The molecule has 0 aliphatic carbocycles. The minimum atomic E-state index is -0.161. The number of nitrogens with zero attached hydrogens (tertiary/aromatic N) is 1. The van der Waals surface area contributed by atoms with E-state index in [1.54, 1.807) is 24.6 Å². The Morgan fingerprint density at radius 2 is 2.12 bits per heavy atom. The van der Waals surface area contributed by atoms with Gasteiger partial charge in [0.25, 0.3) is 0 Å². The molecule has 2 aromatic rings. The average molecular weight is 347 g/mol. The lowest BCUT2D eigenvalue weighted by Crippen LogP contribution is -2.39. The van der Waals surface area contributed by atoms with Crippen LogP contribution < -0.4 is 15.4 Å². The van der Waals surface area contributed by atoms with Crippen LogP contribution in [0.15, 0.2) is 35.8 Å². The number of carbonyl (C=O) groups excluding carboxylic acids is 1. The Morgan fingerprint density at radius 1 is 1.33 bits per heavy atom. The maximum Gasteiger partial charge on any atom is 0.315 e. The number of ether oxygens (including phenoxy) is 1. The Labute approximate surface area is 147 Å². The molecule has 1 atom stereocenters. The third-order valence-electron chi connectivity index (χ3n) is 3.63. The number of amides is 2. The zero-order valence-corrected chi connectivity index (χ0v) is 15.2. The third-order valence-corrected chi connectivity index (χ3v) is 4.52. The Morgan fingerprint density at radius 3 is 2.79 bits per heavy atom. The topological polar surface area (TPSA) is 63.2 Å². The van der Waals surface area contributed by atoms with Gasteiger partial charge >= 0.3 is 6.03 Å². The first-order valence-electron chi connectivity index (χ1n) is 8.15. The molecule has 0 aliphatic rings. The minimum absolute atomic E-state index is 0.0451. The number of para-hydroxylation sites is 1. The molecule has 0 fully saturated rings. The first-order valence-corrected chi connectivity index (χ1v) is 9.03. The monoisotopic (exact) mass is 347 g/mol. The summed E-state index contributed by atoms with van der Waals surface area (Å²) in [5.41, 5.74) is 1.08. The Bertz CT molecular complexity index is 629. The molecule has 0 saturated heterocycles. The lowest BCUT2D eigenvalue weighted by Gasteiger charge is -2.19. The summed E-state index contributed by atoms with van der Waals surface area (Å²) in [6.07, 6.45) is 3.37. The van der Waals surface area contributed by atoms with Crippen molar-refractivity contribution in [1.82, 2.24) is 15.6 Å². The smallest absolute Gasteiger partial charge is 0.315 e. The van der Waals surface area contributed by atoms with Gasteiger partial charge in [-0.25, -0.2) is 9.78 Å². The fourth-order valence-electron chi connectivity index (χ4n) is 2.53. The molecule has 1 unspecified atom stereocenters. The molecule has 0 aliphatic heterocycles. The van der Waals surface area contributed by atoms with Crippen molar-refractivity contribution in [2.45, 2.75) is 32.7 Å². The van der Waals surface area contributed by atoms with Gasteiger partial charge in [-0.05, 0) is 30.4 Å². The van der Waals surface area contributed by atoms with E-state index in [1.807, 2.05) is 29.6 Å². The fourth-order valence-corrected chi connectivity index (χ4v) is 3.23. The SMILES string of the molecule is COc1ccccc1CCNC(=O)NC(CC(C)C)c1nccs1. The van der Waals surface area contributed by atoms with E-state index < -0.39 is 0 Å². The first kappa shape index (κ1) is 18.3. The molecule has 1 aromatic heterocycles. The summed E-state index contributed by atoms with van der Waals surface area (Å²) in [4.78, 5) is 16.5. The quantitative estimate of drug-likeness (QED) is 0.764. The van der Waals surface area contributed by atoms with Gasteiger partial charge in [0.05, 0.1) is 13.2 Å². The molecule has 5 nitrogen and oxygen atoms in total. The molecule has 130 valence electrons. The maximum atomic E-state index is 12.2. The summed E-state index contributed by atoms with van der Waals surface area (Å²) < 4.78 is 5.32. The van der Waals surface area contributed by atoms with Crippen LogP contribution in [0.1, 0.15) is 36.9 Å². The average Bonchev–Trinajstić information content (AvgIpc) is 3.08. The summed E-state index contributed by atoms with van der Waals surface area (Å²) in [5.74, 6) is 1.33. The summed E-state index contributed by atoms with van der Waals surface area (Å²) in [6.45, 7) is 4.84. The number of carbonyl (C=O) groups is 1. The van der Waals surface area contributed by atoms with Crippen molar-refractivity contribution >= 4 is 17.4 Å². The highest BCUT2D eigenvalue weighted by atomic mass is 32.1. The summed E-state index contributed by atoms with van der Waals surface area (Å²) in [6, 6.07) is 7.64. The first-order chi connectivity index (χ1) is 11.6. The van der Waals surface area contributed by atoms with Crippen molar-refractivity contribution < 1.29 is 9.53 Å². The Hall–Kier alpha value is -2.08. The number of methoxy groups -OCH3 is 1. The molecular formula is C18H25N3O2S. The number of aromatic nitrogens is 1. The molecule has 24 heavy (non-hydrogen) atoms. The van der Waals surface area contributed by atoms with E-state index in [0.717, 1.165) is 29.2 Å². The van der Waals surface area contributed by atoms with E-state index in [2.05, 4.69) is 29.5 Å². The number of hydrogen-bond acceptors (Lipinski definition) is 4. The van der Waals surface area contributed by atoms with Crippen LogP contribution in [0.2, 0.25) is 0 Å². The lowest BCUT2D eigenvalue weighted by atomic mass is 10.0. The van der Waals surface area contributed by atoms with Gasteiger partial charge in [-0.3, -0.25) is 0 Å². The van der Waals surface area contributed by atoms with E-state index in [4.69, 9.17) is 4.74 Å². The van der Waals surface area contributed by atoms with Gasteiger partial charge in [0.2, 0.25) is 0 Å². The van der Waals surface area contributed by atoms with Crippen molar-refractivity contribution in [2.75, 3.05) is 13.7 Å². The number of rotatable bonds is 8. The fraction of sp³-hybridized carbons (Fsp3) is 0.444. The number of urea groups is 1. The van der Waals surface area contributed by atoms with Crippen LogP contribution in [0, 0.1) is 5.92 Å². The van der Waals surface area contributed by atoms with Crippen LogP contribution in [-0.4, -0.2) is 24.7 Å². The molecule has 0 radical (unpaired) electrons. The van der Waals surface area contributed by atoms with Crippen molar-refractivity contribution in [2.24, 2.45) is 5.92 Å². The Balaban J connectivity index is 1.85. The summed E-state index contributed by atoms with van der Waals surface area (Å²) in [7, 11) is 1.66. The van der Waals surface area contributed by atoms with Gasteiger partial charge in [-0.2, -0.15) is 0 Å². The lowest BCUT2D eigenvalue weighted by molar-refractivity contribution is 0.235. The van der Waals surface area contributed by atoms with E-state index >= 15 is 0 Å². The molecule has 0 saturated carbocycles. The maximum absolute atomic E-state index is 12.2. The van der Waals surface area contributed by atoms with Crippen LogP contribution in [-0.2, 0) is 6.42 Å². The van der Waals surface area contributed by atoms with Crippen LogP contribution in [0.3, 0.4) is 0 Å². The number of hydrogen-bond donors (Lipinski definition) is 2. The summed E-state index contributed by atoms with van der Waals surface area (Å²) in [5, 5.41) is 8.83. The van der Waals surface area contributed by atoms with E-state index in [0.29, 0.717) is 12.5 Å². The second-order valence-corrected chi connectivity index (χ2v) is 6.94. The minimum Gasteiger partial charge on any atom is -0.496 e. The van der Waals surface area contributed by atoms with E-state index in [1.165, 1.54) is 0 Å². The number of nitrogens with one attached hydrogen (secondary N) is 2. The largest absolute Gasteiger partial charge is 0.496 e. The highest BCUT2D eigenvalue weighted by molar-refractivity contribution is 7.09. The highest BCUT2D eigenvalue weighted by Crippen LogP contribution is 2.23. The van der Waals surface area contributed by atoms with Gasteiger partial charge in [-0.15, -0.1) is 11.3 Å². The normalized spacial score (nSPS) is 12.0. The van der Waals surface area contributed by atoms with E-state index in [-0.39, 0.29) is 12.1 Å². The zero-order valence-electron chi connectivity index (χ0n) is 14.4. The Kier molecular flexibility index (Phi) is 7.06. The van der Waals surface area contributed by atoms with Crippen LogP contribution in [0.5, 0.6) is 5.75 Å². The zero-order chi connectivity index (χ0) is 17.4. The molecule has 0 spiro atoms. The molecule has 2 rings (SSSR count). The standard InChI is InChI=1S/C18H25N3O2S/c1-13(2)12-15(17-19-10-11-24-17)21-18(22)20-9-8-14-6-4-5-7-16(14)23-3/h4-7,10-11,13,15H,8-9,12H2,1-3H3,(H2,20,21,22). The van der Waals surface area contributed by atoms with Gasteiger partial charge in [0.15, 0.2) is 0 Å². The van der Waals surface area contributed by atoms with Crippen LogP contribution in [0.25, 0.3) is 0 Å². The van der Waals surface area contributed by atoms with Crippen LogP contribution >= 0.6 is 11.3 Å². The molecule has 0 bridgehead atoms. The molecular weight excluding hydrogens is 322 g/mol. The molecule has 2 amide bonds.